The van der Waals surface area contributed by atoms with Crippen LogP contribution in [0.5, 0.6) is 11.5 Å². The Bertz CT molecular complexity index is 436. The summed E-state index contributed by atoms with van der Waals surface area (Å²) in [6, 6.07) is 6.12. The number of nitrogens with two attached hydrogens (primary N) is 1. The summed E-state index contributed by atoms with van der Waals surface area (Å²) in [6.45, 7) is 4.89. The molecule has 2 atom stereocenters. The van der Waals surface area contributed by atoms with E-state index in [4.69, 9.17) is 15.2 Å². The Labute approximate surface area is 121 Å². The van der Waals surface area contributed by atoms with Crippen LogP contribution in [0.3, 0.4) is 0 Å². The van der Waals surface area contributed by atoms with Crippen LogP contribution in [0, 0.1) is 0 Å². The maximum absolute atomic E-state index is 6.18. The quantitative estimate of drug-likeness (QED) is 0.897. The van der Waals surface area contributed by atoms with Crippen molar-refractivity contribution in [1.29, 1.82) is 0 Å². The lowest BCUT2D eigenvalue weighted by atomic mass is 10.0. The van der Waals surface area contributed by atoms with E-state index in [1.807, 2.05) is 6.07 Å². The number of likely N-dealkylation sites (tertiary alicyclic amines) is 1. The van der Waals surface area contributed by atoms with Gasteiger partial charge in [0.2, 0.25) is 0 Å². The van der Waals surface area contributed by atoms with Gasteiger partial charge in [-0.25, -0.2) is 0 Å². The molecule has 1 aromatic carbocycles. The number of nitrogens with zero attached hydrogens (tertiary/aromatic N) is 1. The van der Waals surface area contributed by atoms with Crippen LogP contribution in [0.1, 0.15) is 31.2 Å². The van der Waals surface area contributed by atoms with E-state index < -0.39 is 0 Å². The van der Waals surface area contributed by atoms with E-state index in [0.29, 0.717) is 12.5 Å². The number of ether oxygens (including phenoxy) is 2. The van der Waals surface area contributed by atoms with E-state index in [1.54, 1.807) is 7.11 Å². The summed E-state index contributed by atoms with van der Waals surface area (Å²) in [6.07, 6.45) is 2.53. The highest BCUT2D eigenvalue weighted by atomic mass is 16.5. The zero-order chi connectivity index (χ0) is 14.5. The van der Waals surface area contributed by atoms with Crippen LogP contribution in [0.25, 0.3) is 0 Å². The summed E-state index contributed by atoms with van der Waals surface area (Å²) >= 11 is 0. The maximum Gasteiger partial charge on any atom is 0.161 e. The van der Waals surface area contributed by atoms with Crippen LogP contribution in [0.15, 0.2) is 18.2 Å². The highest BCUT2D eigenvalue weighted by Crippen LogP contribution is 2.32. The predicted octanol–water partition coefficient (Wildman–Crippen LogP) is 2.23. The molecule has 0 aromatic heterocycles. The largest absolute Gasteiger partial charge is 0.493 e. The molecular formula is C16H26N2O2. The van der Waals surface area contributed by atoms with Gasteiger partial charge < -0.3 is 20.1 Å². The zero-order valence-electron chi connectivity index (χ0n) is 12.8. The normalized spacial score (nSPS) is 21.5. The van der Waals surface area contributed by atoms with E-state index in [2.05, 4.69) is 31.0 Å². The molecule has 1 aliphatic rings. The first kappa shape index (κ1) is 15.1. The van der Waals surface area contributed by atoms with E-state index in [9.17, 15) is 0 Å². The Morgan fingerprint density at radius 2 is 2.20 bits per heavy atom. The van der Waals surface area contributed by atoms with Gasteiger partial charge in [0.15, 0.2) is 11.5 Å². The smallest absolute Gasteiger partial charge is 0.161 e. The van der Waals surface area contributed by atoms with Gasteiger partial charge in [-0.05, 0) is 56.6 Å². The van der Waals surface area contributed by atoms with Crippen LogP contribution < -0.4 is 15.2 Å². The summed E-state index contributed by atoms with van der Waals surface area (Å²) < 4.78 is 11.6. The molecule has 0 bridgehead atoms. The summed E-state index contributed by atoms with van der Waals surface area (Å²) in [5.74, 6) is 1.97. The van der Waals surface area contributed by atoms with Crippen molar-refractivity contribution >= 4 is 0 Å². The molecule has 112 valence electrons. The van der Waals surface area contributed by atoms with Gasteiger partial charge in [0, 0.05) is 6.54 Å². The molecule has 20 heavy (non-hydrogen) atoms. The number of hydrogen-bond acceptors (Lipinski definition) is 4. The highest BCUT2D eigenvalue weighted by Gasteiger charge is 2.20. The Morgan fingerprint density at radius 1 is 1.40 bits per heavy atom. The standard InChI is InChI=1S/C16H26N2O2/c1-12(10-17)13-6-7-15(19-3)16(9-13)20-14-5-4-8-18(2)11-14/h6-7,9,12,14H,4-5,8,10-11,17H2,1-3H3. The molecule has 4 nitrogen and oxygen atoms in total. The van der Waals surface area contributed by atoms with Crippen molar-refractivity contribution in [2.75, 3.05) is 33.8 Å². The fourth-order valence-corrected chi connectivity index (χ4v) is 2.62. The van der Waals surface area contributed by atoms with Gasteiger partial charge in [-0.1, -0.05) is 13.0 Å². The number of benzene rings is 1. The first-order chi connectivity index (χ1) is 9.63. The molecule has 1 heterocycles. The van der Waals surface area contributed by atoms with Crippen molar-refractivity contribution in [3.05, 3.63) is 23.8 Å². The molecule has 1 aromatic rings. The molecule has 0 amide bonds. The van der Waals surface area contributed by atoms with Crippen molar-refractivity contribution in [2.24, 2.45) is 5.73 Å². The summed E-state index contributed by atoms with van der Waals surface area (Å²) in [5.41, 5.74) is 6.95. The summed E-state index contributed by atoms with van der Waals surface area (Å²) in [7, 11) is 3.82. The topological polar surface area (TPSA) is 47.7 Å². The lowest BCUT2D eigenvalue weighted by molar-refractivity contribution is 0.101. The number of piperidine rings is 1. The van der Waals surface area contributed by atoms with E-state index in [1.165, 1.54) is 12.0 Å². The van der Waals surface area contributed by atoms with Gasteiger partial charge in [0.25, 0.3) is 0 Å². The van der Waals surface area contributed by atoms with Gasteiger partial charge in [-0.2, -0.15) is 0 Å². The SMILES string of the molecule is COc1ccc(C(C)CN)cc1OC1CCCN(C)C1. The van der Waals surface area contributed by atoms with Crippen molar-refractivity contribution < 1.29 is 9.47 Å². The van der Waals surface area contributed by atoms with Gasteiger partial charge in [-0.15, -0.1) is 0 Å². The lowest BCUT2D eigenvalue weighted by Crippen LogP contribution is -2.38. The predicted molar refractivity (Wildman–Crippen MR) is 81.6 cm³/mol. The minimum Gasteiger partial charge on any atom is -0.493 e. The van der Waals surface area contributed by atoms with Crippen molar-refractivity contribution in [1.82, 2.24) is 4.90 Å². The van der Waals surface area contributed by atoms with Gasteiger partial charge in [0.1, 0.15) is 6.10 Å². The van der Waals surface area contributed by atoms with Crippen LogP contribution in [-0.2, 0) is 0 Å². The summed E-state index contributed by atoms with van der Waals surface area (Å²) in [5, 5.41) is 0. The molecule has 1 fully saturated rings. The first-order valence-corrected chi connectivity index (χ1v) is 7.37. The lowest BCUT2D eigenvalue weighted by Gasteiger charge is -2.30. The number of hydrogen-bond donors (Lipinski definition) is 1. The molecule has 4 heteroatoms. The molecule has 0 spiro atoms. The molecular weight excluding hydrogens is 252 g/mol. The number of rotatable bonds is 5. The molecule has 0 aliphatic carbocycles. The Morgan fingerprint density at radius 3 is 2.85 bits per heavy atom. The Kier molecular flexibility index (Phi) is 5.26. The summed E-state index contributed by atoms with van der Waals surface area (Å²) in [4.78, 5) is 2.31. The second-order valence-corrected chi connectivity index (χ2v) is 5.69. The first-order valence-electron chi connectivity index (χ1n) is 7.37. The highest BCUT2D eigenvalue weighted by molar-refractivity contribution is 5.44. The second-order valence-electron chi connectivity index (χ2n) is 5.69. The molecule has 1 saturated heterocycles. The Balaban J connectivity index is 2.15. The van der Waals surface area contributed by atoms with Crippen molar-refractivity contribution in [3.63, 3.8) is 0 Å². The molecule has 2 rings (SSSR count). The minimum absolute atomic E-state index is 0.242. The van der Waals surface area contributed by atoms with Gasteiger partial charge in [-0.3, -0.25) is 0 Å². The fraction of sp³-hybridized carbons (Fsp3) is 0.625. The van der Waals surface area contributed by atoms with Crippen molar-refractivity contribution in [3.8, 4) is 11.5 Å². The maximum atomic E-state index is 6.18. The third kappa shape index (κ3) is 3.64. The monoisotopic (exact) mass is 278 g/mol. The third-order valence-corrected chi connectivity index (χ3v) is 3.99. The fourth-order valence-electron chi connectivity index (χ4n) is 2.62. The van der Waals surface area contributed by atoms with Gasteiger partial charge in [0.05, 0.1) is 7.11 Å². The van der Waals surface area contributed by atoms with E-state index in [0.717, 1.165) is 31.0 Å². The average Bonchev–Trinajstić information content (AvgIpc) is 2.46. The van der Waals surface area contributed by atoms with Crippen LogP contribution in [0.4, 0.5) is 0 Å². The van der Waals surface area contributed by atoms with E-state index >= 15 is 0 Å². The molecule has 0 saturated carbocycles. The molecule has 0 radical (unpaired) electrons. The zero-order valence-corrected chi connectivity index (χ0v) is 12.8. The molecule has 1 aliphatic heterocycles. The van der Waals surface area contributed by atoms with Crippen LogP contribution in [-0.4, -0.2) is 44.8 Å². The third-order valence-electron chi connectivity index (χ3n) is 3.99. The Hall–Kier alpha value is -1.26. The molecule has 2 unspecified atom stereocenters. The van der Waals surface area contributed by atoms with Crippen molar-refractivity contribution in [2.45, 2.75) is 31.8 Å². The number of likely N-dealkylation sites (N-methyl/N-ethyl adjacent to an activating group) is 1. The minimum atomic E-state index is 0.242. The van der Waals surface area contributed by atoms with E-state index in [-0.39, 0.29) is 6.10 Å². The number of methoxy groups -OCH3 is 1. The van der Waals surface area contributed by atoms with Crippen LogP contribution in [0.2, 0.25) is 0 Å². The second kappa shape index (κ2) is 6.95. The molecule has 2 N–H and O–H groups in total. The average molecular weight is 278 g/mol. The van der Waals surface area contributed by atoms with Gasteiger partial charge >= 0.3 is 0 Å². The van der Waals surface area contributed by atoms with Crippen LogP contribution >= 0.6 is 0 Å².